The maximum Gasteiger partial charge on any atom is 0.417 e. The Hall–Kier alpha value is -3.04. The van der Waals surface area contributed by atoms with E-state index in [-0.39, 0.29) is 10.6 Å². The molecule has 0 fully saturated rings. The zero-order valence-electron chi connectivity index (χ0n) is 15.8. The average molecular weight is 469 g/mol. The summed E-state index contributed by atoms with van der Waals surface area (Å²) in [4.78, 5) is 12.4. The number of benzene rings is 3. The van der Waals surface area contributed by atoms with Gasteiger partial charge in [-0.25, -0.2) is 8.42 Å². The summed E-state index contributed by atoms with van der Waals surface area (Å²) in [5.41, 5.74) is -1.14. The van der Waals surface area contributed by atoms with Gasteiger partial charge in [0.2, 0.25) is 5.91 Å². The minimum Gasteiger partial charge on any atom is -0.325 e. The molecule has 0 unspecified atom stereocenters. The van der Waals surface area contributed by atoms with E-state index in [2.05, 4.69) is 5.32 Å². The van der Waals surface area contributed by atoms with E-state index in [1.165, 1.54) is 24.3 Å². The molecule has 1 N–H and O–H groups in total. The van der Waals surface area contributed by atoms with Gasteiger partial charge in [0.25, 0.3) is 10.0 Å². The molecule has 0 aliphatic rings. The molecule has 162 valence electrons. The molecule has 0 spiro atoms. The maximum absolute atomic E-state index is 13.3. The highest BCUT2D eigenvalue weighted by atomic mass is 35.5. The van der Waals surface area contributed by atoms with Crippen LogP contribution in [0.4, 0.5) is 24.5 Å². The van der Waals surface area contributed by atoms with Gasteiger partial charge in [-0.2, -0.15) is 13.2 Å². The van der Waals surface area contributed by atoms with Gasteiger partial charge in [-0.05, 0) is 42.5 Å². The summed E-state index contributed by atoms with van der Waals surface area (Å²) in [6, 6.07) is 18.0. The molecule has 0 saturated heterocycles. The van der Waals surface area contributed by atoms with Gasteiger partial charge in [-0.15, -0.1) is 0 Å². The summed E-state index contributed by atoms with van der Waals surface area (Å²) < 4.78 is 67.0. The first kappa shape index (κ1) is 22.6. The molecule has 0 saturated carbocycles. The van der Waals surface area contributed by atoms with E-state index in [0.29, 0.717) is 16.1 Å². The fourth-order valence-electron chi connectivity index (χ4n) is 2.77. The van der Waals surface area contributed by atoms with Gasteiger partial charge in [0, 0.05) is 5.69 Å². The summed E-state index contributed by atoms with van der Waals surface area (Å²) in [5.74, 6) is -0.728. The van der Waals surface area contributed by atoms with Crippen LogP contribution in [0.1, 0.15) is 5.56 Å². The van der Waals surface area contributed by atoms with E-state index < -0.39 is 39.2 Å². The number of hydrogen-bond donors (Lipinski definition) is 1. The van der Waals surface area contributed by atoms with Gasteiger partial charge in [0.05, 0.1) is 21.2 Å². The molecule has 10 heteroatoms. The van der Waals surface area contributed by atoms with Crippen molar-refractivity contribution in [1.29, 1.82) is 0 Å². The van der Waals surface area contributed by atoms with Crippen molar-refractivity contribution in [3.05, 3.63) is 89.4 Å². The number of hydrogen-bond acceptors (Lipinski definition) is 3. The third kappa shape index (κ3) is 5.36. The van der Waals surface area contributed by atoms with E-state index in [0.717, 1.165) is 12.1 Å². The van der Waals surface area contributed by atoms with Crippen LogP contribution in [-0.2, 0) is 21.0 Å². The normalized spacial score (nSPS) is 11.7. The lowest BCUT2D eigenvalue weighted by molar-refractivity contribution is -0.137. The molecule has 0 aliphatic carbocycles. The Morgan fingerprint density at radius 3 is 2.10 bits per heavy atom. The zero-order valence-corrected chi connectivity index (χ0v) is 17.4. The van der Waals surface area contributed by atoms with Crippen LogP contribution in [0, 0.1) is 0 Å². The van der Waals surface area contributed by atoms with Crippen molar-refractivity contribution >= 4 is 38.9 Å². The Balaban J connectivity index is 2.04. The smallest absolute Gasteiger partial charge is 0.325 e. The number of nitrogens with one attached hydrogen (secondary N) is 1. The van der Waals surface area contributed by atoms with E-state index in [9.17, 15) is 26.4 Å². The summed E-state index contributed by atoms with van der Waals surface area (Å²) >= 11 is 5.66. The third-order valence-electron chi connectivity index (χ3n) is 4.22. The largest absolute Gasteiger partial charge is 0.417 e. The SMILES string of the molecule is O=C(CN(c1ccc(Cl)c(C(F)(F)F)c1)S(=O)(=O)c1ccccc1)Nc1ccccc1. The minimum absolute atomic E-state index is 0.175. The highest BCUT2D eigenvalue weighted by molar-refractivity contribution is 7.92. The van der Waals surface area contributed by atoms with E-state index in [4.69, 9.17) is 11.6 Å². The first-order valence-electron chi connectivity index (χ1n) is 8.88. The topological polar surface area (TPSA) is 66.5 Å². The van der Waals surface area contributed by atoms with E-state index in [1.54, 1.807) is 36.4 Å². The number of carbonyl (C=O) groups is 1. The first-order valence-corrected chi connectivity index (χ1v) is 10.7. The number of sulfonamides is 1. The molecule has 0 radical (unpaired) electrons. The van der Waals surface area contributed by atoms with Gasteiger partial charge < -0.3 is 5.32 Å². The van der Waals surface area contributed by atoms with Crippen molar-refractivity contribution in [2.45, 2.75) is 11.1 Å². The first-order chi connectivity index (χ1) is 14.6. The van der Waals surface area contributed by atoms with Crippen LogP contribution in [0.5, 0.6) is 0 Å². The van der Waals surface area contributed by atoms with E-state index >= 15 is 0 Å². The molecule has 0 heterocycles. The highest BCUT2D eigenvalue weighted by Crippen LogP contribution is 2.38. The molecule has 0 aliphatic heterocycles. The fraction of sp³-hybridized carbons (Fsp3) is 0.0952. The number of anilines is 2. The number of halogens is 4. The van der Waals surface area contributed by atoms with Crippen LogP contribution < -0.4 is 9.62 Å². The average Bonchev–Trinajstić information content (AvgIpc) is 2.73. The Morgan fingerprint density at radius 2 is 1.52 bits per heavy atom. The number of nitrogens with zero attached hydrogens (tertiary/aromatic N) is 1. The Morgan fingerprint density at radius 1 is 0.935 bits per heavy atom. The van der Waals surface area contributed by atoms with E-state index in [1.807, 2.05) is 0 Å². The van der Waals surface area contributed by atoms with Gasteiger partial charge in [-0.1, -0.05) is 48.0 Å². The lowest BCUT2D eigenvalue weighted by Gasteiger charge is -2.25. The molecular weight excluding hydrogens is 453 g/mol. The molecule has 0 bridgehead atoms. The van der Waals surface area contributed by atoms with Crippen LogP contribution in [0.25, 0.3) is 0 Å². The van der Waals surface area contributed by atoms with Crippen LogP contribution in [-0.4, -0.2) is 20.9 Å². The Labute approximate surface area is 182 Å². The number of para-hydroxylation sites is 1. The standard InChI is InChI=1S/C21H16ClF3N2O3S/c22-19-12-11-16(13-18(19)21(23,24)25)27(31(29,30)17-9-5-2-6-10-17)14-20(28)26-15-7-3-1-4-8-15/h1-13H,14H2,(H,26,28). The molecule has 0 aromatic heterocycles. The molecule has 0 atom stereocenters. The second-order valence-corrected chi connectivity index (χ2v) is 8.67. The highest BCUT2D eigenvalue weighted by Gasteiger charge is 2.35. The van der Waals surface area contributed by atoms with Crippen molar-refractivity contribution in [1.82, 2.24) is 0 Å². The lowest BCUT2D eigenvalue weighted by Crippen LogP contribution is -2.38. The number of rotatable bonds is 6. The maximum atomic E-state index is 13.3. The second kappa shape index (κ2) is 8.99. The fourth-order valence-corrected chi connectivity index (χ4v) is 4.43. The van der Waals surface area contributed by atoms with Crippen molar-refractivity contribution in [2.75, 3.05) is 16.2 Å². The second-order valence-electron chi connectivity index (χ2n) is 6.40. The van der Waals surface area contributed by atoms with Gasteiger partial charge in [0.1, 0.15) is 6.54 Å². The monoisotopic (exact) mass is 468 g/mol. The van der Waals surface area contributed by atoms with Gasteiger partial charge in [0.15, 0.2) is 0 Å². The predicted octanol–water partition coefficient (Wildman–Crippen LogP) is 5.19. The van der Waals surface area contributed by atoms with Gasteiger partial charge in [-0.3, -0.25) is 9.10 Å². The Kier molecular flexibility index (Phi) is 6.56. The molecular formula is C21H16ClF3N2O3S. The number of carbonyl (C=O) groups excluding carboxylic acids is 1. The molecule has 3 rings (SSSR count). The summed E-state index contributed by atoms with van der Waals surface area (Å²) in [6.45, 7) is -0.745. The molecule has 5 nitrogen and oxygen atoms in total. The van der Waals surface area contributed by atoms with Crippen molar-refractivity contribution < 1.29 is 26.4 Å². The summed E-state index contributed by atoms with van der Waals surface area (Å²) in [5, 5.41) is 1.95. The molecule has 3 aromatic carbocycles. The van der Waals surface area contributed by atoms with Gasteiger partial charge >= 0.3 is 6.18 Å². The van der Waals surface area contributed by atoms with Crippen molar-refractivity contribution in [3.8, 4) is 0 Å². The quantitative estimate of drug-likeness (QED) is 0.541. The molecule has 1 amide bonds. The van der Waals surface area contributed by atoms with Crippen LogP contribution >= 0.6 is 11.6 Å². The van der Waals surface area contributed by atoms with Crippen LogP contribution in [0.2, 0.25) is 5.02 Å². The summed E-state index contributed by atoms with van der Waals surface area (Å²) in [6.07, 6.45) is -4.80. The van der Waals surface area contributed by atoms with Crippen LogP contribution in [0.3, 0.4) is 0 Å². The zero-order chi connectivity index (χ0) is 22.6. The van der Waals surface area contributed by atoms with Crippen molar-refractivity contribution in [2.24, 2.45) is 0 Å². The third-order valence-corrected chi connectivity index (χ3v) is 6.34. The number of amides is 1. The van der Waals surface area contributed by atoms with Crippen molar-refractivity contribution in [3.63, 3.8) is 0 Å². The van der Waals surface area contributed by atoms with Crippen LogP contribution in [0.15, 0.2) is 83.8 Å². The predicted molar refractivity (Wildman–Crippen MR) is 112 cm³/mol. The summed E-state index contributed by atoms with van der Waals surface area (Å²) in [7, 11) is -4.35. The molecule has 3 aromatic rings. The Bertz CT molecular complexity index is 1170. The lowest BCUT2D eigenvalue weighted by atomic mass is 10.2. The molecule has 31 heavy (non-hydrogen) atoms. The minimum atomic E-state index is -4.80. The number of alkyl halides is 3.